The van der Waals surface area contributed by atoms with Gasteiger partial charge < -0.3 is 26.0 Å². The summed E-state index contributed by atoms with van der Waals surface area (Å²) < 4.78 is 5.32. The third-order valence-corrected chi connectivity index (χ3v) is 5.09. The standard InChI is InChI=1S/C23H34N6O4/c1-17(2)15-20(22(31)25-9-7-24)28-21(30)18-5-3-6-19(16-18)27-23(32)26-8-4-10-29-11-13-33-14-12-29/h3,5-6,16-17,20H,4,8-15H2,1-2H3,(H,25,31)(H,28,30)(H2,26,27,32)/t20-/m0/s1. The highest BCUT2D eigenvalue weighted by molar-refractivity contribution is 5.99. The number of ether oxygens (including phenoxy) is 1. The van der Waals surface area contributed by atoms with E-state index >= 15 is 0 Å². The first-order valence-corrected chi connectivity index (χ1v) is 11.3. The second-order valence-electron chi connectivity index (χ2n) is 8.30. The minimum absolute atomic E-state index is 0.121. The molecule has 1 atom stereocenters. The fraction of sp³-hybridized carbons (Fsp3) is 0.565. The molecule has 2 rings (SSSR count). The number of rotatable bonds is 11. The van der Waals surface area contributed by atoms with Crippen molar-refractivity contribution in [2.75, 3.05) is 51.3 Å². The van der Waals surface area contributed by atoms with E-state index in [9.17, 15) is 14.4 Å². The zero-order chi connectivity index (χ0) is 24.1. The van der Waals surface area contributed by atoms with Crippen LogP contribution in [0.5, 0.6) is 0 Å². The highest BCUT2D eigenvalue weighted by atomic mass is 16.5. The molecule has 0 aliphatic carbocycles. The molecule has 1 heterocycles. The number of nitrogens with one attached hydrogen (secondary N) is 4. The van der Waals surface area contributed by atoms with Gasteiger partial charge in [0, 0.05) is 30.9 Å². The van der Waals surface area contributed by atoms with Crippen LogP contribution in [0.4, 0.5) is 10.5 Å². The van der Waals surface area contributed by atoms with E-state index in [1.165, 1.54) is 0 Å². The van der Waals surface area contributed by atoms with Crippen molar-refractivity contribution in [2.45, 2.75) is 32.7 Å². The fourth-order valence-electron chi connectivity index (χ4n) is 3.44. The first-order chi connectivity index (χ1) is 15.9. The van der Waals surface area contributed by atoms with Crippen LogP contribution in [0.15, 0.2) is 24.3 Å². The Hall–Kier alpha value is -3.16. The Balaban J connectivity index is 1.84. The summed E-state index contributed by atoms with van der Waals surface area (Å²) in [5, 5.41) is 19.4. The molecule has 0 saturated carbocycles. The van der Waals surface area contributed by atoms with E-state index in [-0.39, 0.29) is 18.5 Å². The van der Waals surface area contributed by atoms with Gasteiger partial charge in [-0.1, -0.05) is 19.9 Å². The number of hydrogen-bond acceptors (Lipinski definition) is 6. The number of nitrogens with zero attached hydrogens (tertiary/aromatic N) is 2. The van der Waals surface area contributed by atoms with Crippen molar-refractivity contribution >= 4 is 23.5 Å². The first kappa shape index (κ1) is 26.1. The molecule has 1 fully saturated rings. The Kier molecular flexibility index (Phi) is 11.1. The molecule has 1 aliphatic heterocycles. The van der Waals surface area contributed by atoms with Gasteiger partial charge in [-0.15, -0.1) is 0 Å². The normalized spacial score (nSPS) is 14.7. The number of hydrogen-bond donors (Lipinski definition) is 4. The minimum Gasteiger partial charge on any atom is -0.379 e. The van der Waals surface area contributed by atoms with E-state index in [2.05, 4.69) is 26.2 Å². The van der Waals surface area contributed by atoms with Crippen LogP contribution in [0.3, 0.4) is 0 Å². The van der Waals surface area contributed by atoms with Gasteiger partial charge in [-0.25, -0.2) is 4.79 Å². The monoisotopic (exact) mass is 458 g/mol. The molecule has 10 heteroatoms. The lowest BCUT2D eigenvalue weighted by Crippen LogP contribution is -2.47. The van der Waals surface area contributed by atoms with Crippen molar-refractivity contribution in [3.8, 4) is 6.07 Å². The lowest BCUT2D eigenvalue weighted by Gasteiger charge is -2.26. The van der Waals surface area contributed by atoms with E-state index in [1.807, 2.05) is 19.9 Å². The third kappa shape index (κ3) is 9.89. The second kappa shape index (κ2) is 14.1. The molecule has 0 bridgehead atoms. The summed E-state index contributed by atoms with van der Waals surface area (Å²) in [6.45, 7) is 8.54. The zero-order valence-electron chi connectivity index (χ0n) is 19.4. The van der Waals surface area contributed by atoms with Gasteiger partial charge in [0.1, 0.15) is 12.6 Å². The summed E-state index contributed by atoms with van der Waals surface area (Å²) in [6.07, 6.45) is 1.27. The van der Waals surface area contributed by atoms with Crippen LogP contribution >= 0.6 is 0 Å². The van der Waals surface area contributed by atoms with Gasteiger partial charge in [-0.2, -0.15) is 5.26 Å². The third-order valence-electron chi connectivity index (χ3n) is 5.09. The van der Waals surface area contributed by atoms with Gasteiger partial charge in [0.25, 0.3) is 5.91 Å². The lowest BCUT2D eigenvalue weighted by atomic mass is 10.0. The van der Waals surface area contributed by atoms with Crippen LogP contribution in [0.2, 0.25) is 0 Å². The van der Waals surface area contributed by atoms with Crippen molar-refractivity contribution in [2.24, 2.45) is 5.92 Å². The van der Waals surface area contributed by atoms with Crippen molar-refractivity contribution in [3.63, 3.8) is 0 Å². The van der Waals surface area contributed by atoms with Crippen LogP contribution in [-0.2, 0) is 9.53 Å². The fourth-order valence-corrected chi connectivity index (χ4v) is 3.44. The van der Waals surface area contributed by atoms with Crippen LogP contribution in [0.25, 0.3) is 0 Å². The molecule has 1 aliphatic rings. The van der Waals surface area contributed by atoms with Gasteiger partial charge in [0.2, 0.25) is 5.91 Å². The van der Waals surface area contributed by atoms with Gasteiger partial charge in [-0.05, 0) is 43.5 Å². The predicted octanol–water partition coefficient (Wildman–Crippen LogP) is 1.31. The molecule has 0 aromatic heterocycles. The highest BCUT2D eigenvalue weighted by Gasteiger charge is 2.22. The predicted molar refractivity (Wildman–Crippen MR) is 125 cm³/mol. The van der Waals surface area contributed by atoms with Crippen LogP contribution in [0, 0.1) is 17.2 Å². The highest BCUT2D eigenvalue weighted by Crippen LogP contribution is 2.12. The maximum Gasteiger partial charge on any atom is 0.319 e. The molecule has 4 amide bonds. The minimum atomic E-state index is -0.753. The Morgan fingerprint density at radius 1 is 1.18 bits per heavy atom. The van der Waals surface area contributed by atoms with E-state index in [0.717, 1.165) is 39.3 Å². The smallest absolute Gasteiger partial charge is 0.319 e. The largest absolute Gasteiger partial charge is 0.379 e. The Morgan fingerprint density at radius 2 is 1.94 bits per heavy atom. The number of urea groups is 1. The Labute approximate surface area is 195 Å². The summed E-state index contributed by atoms with van der Waals surface area (Å²) in [5.74, 6) is -0.658. The van der Waals surface area contributed by atoms with Gasteiger partial charge in [0.05, 0.1) is 19.3 Å². The van der Waals surface area contributed by atoms with Crippen molar-refractivity contribution in [1.29, 1.82) is 5.26 Å². The average molecular weight is 459 g/mol. The number of carbonyl (C=O) groups is 3. The van der Waals surface area contributed by atoms with Crippen molar-refractivity contribution in [1.82, 2.24) is 20.9 Å². The lowest BCUT2D eigenvalue weighted by molar-refractivity contribution is -0.123. The van der Waals surface area contributed by atoms with Crippen LogP contribution in [-0.4, -0.2) is 74.7 Å². The molecule has 1 aromatic rings. The summed E-state index contributed by atoms with van der Waals surface area (Å²) in [4.78, 5) is 39.5. The quantitative estimate of drug-likeness (QED) is 0.292. The average Bonchev–Trinajstić information content (AvgIpc) is 2.80. The summed E-state index contributed by atoms with van der Waals surface area (Å²) in [7, 11) is 0. The van der Waals surface area contributed by atoms with Crippen molar-refractivity contribution < 1.29 is 19.1 Å². The van der Waals surface area contributed by atoms with Crippen molar-refractivity contribution in [3.05, 3.63) is 29.8 Å². The van der Waals surface area contributed by atoms with Gasteiger partial charge >= 0.3 is 6.03 Å². The Bertz CT molecular complexity index is 832. The molecule has 10 nitrogen and oxygen atoms in total. The number of benzene rings is 1. The second-order valence-corrected chi connectivity index (χ2v) is 8.30. The van der Waals surface area contributed by atoms with E-state index in [4.69, 9.17) is 10.00 Å². The van der Waals surface area contributed by atoms with Gasteiger partial charge in [-0.3, -0.25) is 14.5 Å². The molecular formula is C23H34N6O4. The molecule has 0 spiro atoms. The molecule has 33 heavy (non-hydrogen) atoms. The van der Waals surface area contributed by atoms with E-state index in [0.29, 0.717) is 24.2 Å². The Morgan fingerprint density at radius 3 is 2.64 bits per heavy atom. The molecule has 180 valence electrons. The topological polar surface area (TPSA) is 136 Å². The number of carbonyl (C=O) groups excluding carboxylic acids is 3. The first-order valence-electron chi connectivity index (χ1n) is 11.3. The molecule has 1 aromatic carbocycles. The van der Waals surface area contributed by atoms with Gasteiger partial charge in [0.15, 0.2) is 0 Å². The number of morpholine rings is 1. The van der Waals surface area contributed by atoms with E-state index < -0.39 is 17.9 Å². The SMILES string of the molecule is CC(C)C[C@H](NC(=O)c1cccc(NC(=O)NCCCN2CCOCC2)c1)C(=O)NCC#N. The summed E-state index contributed by atoms with van der Waals surface area (Å²) in [5.41, 5.74) is 0.796. The van der Waals surface area contributed by atoms with E-state index in [1.54, 1.807) is 24.3 Å². The number of nitriles is 1. The maximum atomic E-state index is 12.7. The zero-order valence-corrected chi connectivity index (χ0v) is 19.4. The molecule has 4 N–H and O–H groups in total. The number of anilines is 1. The van der Waals surface area contributed by atoms with Crippen LogP contribution < -0.4 is 21.3 Å². The molecule has 0 unspecified atom stereocenters. The molecule has 0 radical (unpaired) electrons. The molecule has 1 saturated heterocycles. The molecular weight excluding hydrogens is 424 g/mol. The summed E-state index contributed by atoms with van der Waals surface area (Å²) in [6, 6.07) is 7.28. The van der Waals surface area contributed by atoms with Crippen LogP contribution in [0.1, 0.15) is 37.0 Å². The number of amides is 4. The summed E-state index contributed by atoms with van der Waals surface area (Å²) >= 11 is 0. The maximum absolute atomic E-state index is 12.7.